The molecule has 0 saturated carbocycles. The summed E-state index contributed by atoms with van der Waals surface area (Å²) in [7, 11) is 0.170. The van der Waals surface area contributed by atoms with Crippen LogP contribution in [0.3, 0.4) is 0 Å². The van der Waals surface area contributed by atoms with Crippen LogP contribution in [0, 0.1) is 12.8 Å². The summed E-state index contributed by atoms with van der Waals surface area (Å²) in [6.45, 7) is 3.25. The van der Waals surface area contributed by atoms with Gasteiger partial charge in [-0.15, -0.1) is 0 Å². The van der Waals surface area contributed by atoms with E-state index < -0.39 is 10.0 Å². The Morgan fingerprint density at radius 2 is 1.79 bits per heavy atom. The summed E-state index contributed by atoms with van der Waals surface area (Å²) in [4.78, 5) is 25.5. The van der Waals surface area contributed by atoms with E-state index in [1.54, 1.807) is 0 Å². The molecule has 3 rings (SSSR count). The molecular weight excluding hydrogens is 390 g/mol. The van der Waals surface area contributed by atoms with E-state index in [0.717, 1.165) is 36.6 Å². The van der Waals surface area contributed by atoms with Crippen LogP contribution in [-0.2, 0) is 16.4 Å². The lowest BCUT2D eigenvalue weighted by atomic mass is 9.91. The molecule has 156 valence electrons. The average molecular weight is 418 g/mol. The molecule has 0 spiro atoms. The Balaban J connectivity index is 1.60. The summed E-state index contributed by atoms with van der Waals surface area (Å²) in [6, 6.07) is 7.79. The first-order valence-electron chi connectivity index (χ1n) is 9.57. The molecule has 1 saturated heterocycles. The van der Waals surface area contributed by atoms with Gasteiger partial charge in [0.1, 0.15) is 11.6 Å². The van der Waals surface area contributed by atoms with Gasteiger partial charge in [-0.25, -0.2) is 23.5 Å². The van der Waals surface area contributed by atoms with Crippen LogP contribution >= 0.6 is 0 Å². The summed E-state index contributed by atoms with van der Waals surface area (Å²) < 4.78 is 22.7. The third-order valence-electron chi connectivity index (χ3n) is 5.17. The fourth-order valence-corrected chi connectivity index (χ4v) is 4.07. The molecule has 0 unspecified atom stereocenters. The zero-order chi connectivity index (χ0) is 21.2. The summed E-state index contributed by atoms with van der Waals surface area (Å²) in [5.41, 5.74) is 1.50. The number of benzene rings is 1. The number of sulfonamides is 1. The molecule has 1 aromatic carbocycles. The highest BCUT2D eigenvalue weighted by atomic mass is 32.2. The second-order valence-corrected chi connectivity index (χ2v) is 9.23. The lowest BCUT2D eigenvalue weighted by molar-refractivity contribution is 0.0690. The second-order valence-electron chi connectivity index (χ2n) is 7.67. The highest BCUT2D eigenvalue weighted by Gasteiger charge is 2.24. The van der Waals surface area contributed by atoms with Crippen LogP contribution in [0.2, 0.25) is 0 Å². The van der Waals surface area contributed by atoms with Crippen molar-refractivity contribution in [2.24, 2.45) is 11.1 Å². The van der Waals surface area contributed by atoms with Crippen LogP contribution in [0.15, 0.2) is 35.2 Å². The summed E-state index contributed by atoms with van der Waals surface area (Å²) in [5.74, 6) is 2.05. The van der Waals surface area contributed by atoms with Crippen molar-refractivity contribution in [3.8, 4) is 0 Å². The number of anilines is 1. The largest absolute Gasteiger partial charge is 0.363 e. The number of piperidine rings is 1. The monoisotopic (exact) mass is 417 g/mol. The molecule has 1 aromatic heterocycles. The van der Waals surface area contributed by atoms with E-state index in [1.807, 2.05) is 36.9 Å². The minimum absolute atomic E-state index is 0.00463. The van der Waals surface area contributed by atoms with Crippen molar-refractivity contribution in [2.75, 3.05) is 32.1 Å². The fourth-order valence-electron chi connectivity index (χ4n) is 3.55. The molecule has 29 heavy (non-hydrogen) atoms. The number of nitrogens with two attached hydrogens (primary N) is 1. The predicted octanol–water partition coefficient (Wildman–Crippen LogP) is 1.59. The van der Waals surface area contributed by atoms with E-state index in [-0.39, 0.29) is 10.8 Å². The van der Waals surface area contributed by atoms with Gasteiger partial charge in [-0.1, -0.05) is 0 Å². The van der Waals surface area contributed by atoms with Crippen molar-refractivity contribution in [1.29, 1.82) is 0 Å². The number of hydrogen-bond donors (Lipinski definition) is 1. The standard InChI is InChI=1S/C20H27N5O3S/c1-14-22-17(13-19(23-14)24(2)3)12-15-8-10-25(11-9-15)20(26)16-4-6-18(7-5-16)29(21,27)28/h4-7,13,15H,8-12H2,1-3H3,(H2,21,27,28). The molecule has 1 fully saturated rings. The van der Waals surface area contributed by atoms with Gasteiger partial charge in [0, 0.05) is 44.5 Å². The predicted molar refractivity (Wildman–Crippen MR) is 111 cm³/mol. The molecule has 0 aliphatic carbocycles. The number of hydrogen-bond acceptors (Lipinski definition) is 6. The Kier molecular flexibility index (Phi) is 6.18. The fraction of sp³-hybridized carbons (Fsp3) is 0.450. The van der Waals surface area contributed by atoms with E-state index in [2.05, 4.69) is 9.97 Å². The van der Waals surface area contributed by atoms with Crippen molar-refractivity contribution in [3.05, 3.63) is 47.4 Å². The van der Waals surface area contributed by atoms with Crippen LogP contribution in [-0.4, -0.2) is 56.4 Å². The second kappa shape index (κ2) is 8.46. The number of aromatic nitrogens is 2. The summed E-state index contributed by atoms with van der Waals surface area (Å²) >= 11 is 0. The molecule has 2 aromatic rings. The van der Waals surface area contributed by atoms with E-state index in [1.165, 1.54) is 24.3 Å². The number of rotatable bonds is 5. The summed E-state index contributed by atoms with van der Waals surface area (Å²) in [6.07, 6.45) is 2.68. The number of aryl methyl sites for hydroxylation is 1. The lowest BCUT2D eigenvalue weighted by Gasteiger charge is -2.32. The molecule has 1 aliphatic rings. The van der Waals surface area contributed by atoms with Gasteiger partial charge in [-0.05, 0) is 56.4 Å². The Morgan fingerprint density at radius 3 is 2.34 bits per heavy atom. The number of nitrogens with zero attached hydrogens (tertiary/aromatic N) is 4. The molecule has 2 heterocycles. The highest BCUT2D eigenvalue weighted by molar-refractivity contribution is 7.89. The van der Waals surface area contributed by atoms with Crippen LogP contribution in [0.25, 0.3) is 0 Å². The molecule has 0 bridgehead atoms. The third kappa shape index (κ3) is 5.30. The Hall–Kier alpha value is -2.52. The van der Waals surface area contributed by atoms with Crippen LogP contribution < -0.4 is 10.0 Å². The van der Waals surface area contributed by atoms with E-state index in [9.17, 15) is 13.2 Å². The van der Waals surface area contributed by atoms with Crippen LogP contribution in [0.5, 0.6) is 0 Å². The molecule has 0 atom stereocenters. The van der Waals surface area contributed by atoms with Crippen molar-refractivity contribution < 1.29 is 13.2 Å². The number of amides is 1. The lowest BCUT2D eigenvalue weighted by Crippen LogP contribution is -2.39. The average Bonchev–Trinajstić information content (AvgIpc) is 2.67. The maximum absolute atomic E-state index is 12.7. The minimum atomic E-state index is -3.76. The molecule has 0 radical (unpaired) electrons. The first-order chi connectivity index (χ1) is 13.6. The van der Waals surface area contributed by atoms with Crippen molar-refractivity contribution >= 4 is 21.7 Å². The quantitative estimate of drug-likeness (QED) is 0.791. The van der Waals surface area contributed by atoms with Gasteiger partial charge in [0.05, 0.1) is 4.90 Å². The van der Waals surface area contributed by atoms with Crippen LogP contribution in [0.1, 0.15) is 34.7 Å². The van der Waals surface area contributed by atoms with Crippen molar-refractivity contribution in [3.63, 3.8) is 0 Å². The maximum Gasteiger partial charge on any atom is 0.253 e. The molecule has 2 N–H and O–H groups in total. The highest BCUT2D eigenvalue weighted by Crippen LogP contribution is 2.24. The molecule has 1 amide bonds. The van der Waals surface area contributed by atoms with Crippen molar-refractivity contribution in [2.45, 2.75) is 31.1 Å². The van der Waals surface area contributed by atoms with Gasteiger partial charge in [0.25, 0.3) is 5.91 Å². The SMILES string of the molecule is Cc1nc(CC2CCN(C(=O)c3ccc(S(N)(=O)=O)cc3)CC2)cc(N(C)C)n1. The van der Waals surface area contributed by atoms with Gasteiger partial charge < -0.3 is 9.80 Å². The molecular formula is C20H27N5O3S. The first-order valence-corrected chi connectivity index (χ1v) is 11.1. The van der Waals surface area contributed by atoms with Gasteiger partial charge in [-0.3, -0.25) is 4.79 Å². The molecule has 1 aliphatic heterocycles. The van der Waals surface area contributed by atoms with Crippen molar-refractivity contribution in [1.82, 2.24) is 14.9 Å². The van der Waals surface area contributed by atoms with Gasteiger partial charge in [0.15, 0.2) is 0 Å². The molecule has 8 nitrogen and oxygen atoms in total. The van der Waals surface area contributed by atoms with E-state index in [0.29, 0.717) is 24.6 Å². The Bertz CT molecular complexity index is 982. The molecule has 9 heteroatoms. The van der Waals surface area contributed by atoms with Crippen LogP contribution in [0.4, 0.5) is 5.82 Å². The van der Waals surface area contributed by atoms with Gasteiger partial charge in [-0.2, -0.15) is 0 Å². The Labute approximate surface area is 171 Å². The number of carbonyl (C=O) groups excluding carboxylic acids is 1. The number of likely N-dealkylation sites (tertiary alicyclic amines) is 1. The number of carbonyl (C=O) groups is 1. The number of primary sulfonamides is 1. The minimum Gasteiger partial charge on any atom is -0.363 e. The normalized spacial score (nSPS) is 15.4. The zero-order valence-electron chi connectivity index (χ0n) is 17.0. The van der Waals surface area contributed by atoms with Gasteiger partial charge >= 0.3 is 0 Å². The van der Waals surface area contributed by atoms with E-state index in [4.69, 9.17) is 5.14 Å². The first kappa shape index (κ1) is 21.2. The zero-order valence-corrected chi connectivity index (χ0v) is 17.8. The topological polar surface area (TPSA) is 109 Å². The maximum atomic E-state index is 12.7. The Morgan fingerprint density at radius 1 is 1.17 bits per heavy atom. The third-order valence-corrected chi connectivity index (χ3v) is 6.09. The van der Waals surface area contributed by atoms with Gasteiger partial charge in [0.2, 0.25) is 10.0 Å². The summed E-state index contributed by atoms with van der Waals surface area (Å²) in [5, 5.41) is 5.10. The smallest absolute Gasteiger partial charge is 0.253 e. The van der Waals surface area contributed by atoms with E-state index >= 15 is 0 Å².